The summed E-state index contributed by atoms with van der Waals surface area (Å²) in [6.45, 7) is 0.0334. The van der Waals surface area contributed by atoms with Crippen molar-refractivity contribution in [3.05, 3.63) is 28.8 Å². The van der Waals surface area contributed by atoms with Crippen LogP contribution in [0.5, 0.6) is 0 Å². The molecule has 1 rings (SSSR count). The SMILES string of the molecule is CS(=O)(=O)c1ccc(Cl)c(CN=C=O)c1. The standard InChI is InChI=1S/C9H8ClNO3S/c1-15(13,14)8-2-3-9(10)7(4-8)5-11-6-12/h2-4H,5H2,1H3. The first-order chi connectivity index (χ1) is 6.95. The van der Waals surface area contributed by atoms with Crippen LogP contribution in [-0.4, -0.2) is 20.8 Å². The van der Waals surface area contributed by atoms with Gasteiger partial charge in [-0.2, -0.15) is 0 Å². The van der Waals surface area contributed by atoms with Gasteiger partial charge in [0.25, 0.3) is 0 Å². The normalized spacial score (nSPS) is 10.8. The molecule has 0 saturated heterocycles. The van der Waals surface area contributed by atoms with Gasteiger partial charge in [0.15, 0.2) is 9.84 Å². The molecular weight excluding hydrogens is 238 g/mol. The molecule has 0 unspecified atom stereocenters. The van der Waals surface area contributed by atoms with E-state index in [1.54, 1.807) is 0 Å². The first-order valence-electron chi connectivity index (χ1n) is 3.97. The zero-order valence-corrected chi connectivity index (χ0v) is 9.47. The molecule has 0 amide bonds. The molecule has 0 fully saturated rings. The Kier molecular flexibility index (Phi) is 3.63. The molecule has 0 heterocycles. The molecule has 0 spiro atoms. The largest absolute Gasteiger partial charge is 0.235 e. The molecule has 15 heavy (non-hydrogen) atoms. The maximum Gasteiger partial charge on any atom is 0.235 e. The lowest BCUT2D eigenvalue weighted by Gasteiger charge is -2.03. The van der Waals surface area contributed by atoms with Crippen LogP contribution in [0.3, 0.4) is 0 Å². The van der Waals surface area contributed by atoms with E-state index in [-0.39, 0.29) is 11.4 Å². The summed E-state index contributed by atoms with van der Waals surface area (Å²) in [4.78, 5) is 13.4. The predicted octanol–water partition coefficient (Wildman–Crippen LogP) is 1.58. The molecule has 4 nitrogen and oxygen atoms in total. The van der Waals surface area contributed by atoms with E-state index < -0.39 is 9.84 Å². The number of isocyanates is 1. The zero-order valence-electron chi connectivity index (χ0n) is 7.90. The number of carbonyl (C=O) groups excluding carboxylic acids is 1. The lowest BCUT2D eigenvalue weighted by atomic mass is 10.2. The highest BCUT2D eigenvalue weighted by atomic mass is 35.5. The average Bonchev–Trinajstić information content (AvgIpc) is 2.15. The summed E-state index contributed by atoms with van der Waals surface area (Å²) >= 11 is 5.80. The molecule has 0 N–H and O–H groups in total. The van der Waals surface area contributed by atoms with E-state index in [0.717, 1.165) is 6.26 Å². The molecule has 0 aliphatic heterocycles. The van der Waals surface area contributed by atoms with Gasteiger partial charge in [0.05, 0.1) is 11.4 Å². The summed E-state index contributed by atoms with van der Waals surface area (Å²) in [5.74, 6) is 0. The third kappa shape index (κ3) is 3.16. The Morgan fingerprint density at radius 2 is 2.13 bits per heavy atom. The van der Waals surface area contributed by atoms with Crippen LogP contribution in [0.25, 0.3) is 0 Å². The highest BCUT2D eigenvalue weighted by Gasteiger charge is 2.09. The molecule has 0 aliphatic rings. The van der Waals surface area contributed by atoms with Crippen molar-refractivity contribution < 1.29 is 13.2 Å². The van der Waals surface area contributed by atoms with Gasteiger partial charge in [-0.3, -0.25) is 0 Å². The van der Waals surface area contributed by atoms with Crippen LogP contribution in [0.15, 0.2) is 28.1 Å². The van der Waals surface area contributed by atoms with E-state index in [4.69, 9.17) is 11.6 Å². The predicted molar refractivity (Wildman–Crippen MR) is 56.4 cm³/mol. The summed E-state index contributed by atoms with van der Waals surface area (Å²) in [6.07, 6.45) is 2.47. The molecule has 1 aromatic carbocycles. The number of halogens is 1. The number of aliphatic imine (C=N–C) groups is 1. The van der Waals surface area contributed by atoms with E-state index in [9.17, 15) is 13.2 Å². The summed E-state index contributed by atoms with van der Waals surface area (Å²) in [7, 11) is -3.27. The van der Waals surface area contributed by atoms with Crippen LogP contribution in [-0.2, 0) is 21.2 Å². The second-order valence-electron chi connectivity index (χ2n) is 2.93. The van der Waals surface area contributed by atoms with E-state index in [1.807, 2.05) is 0 Å². The first kappa shape index (κ1) is 11.9. The minimum atomic E-state index is -3.27. The van der Waals surface area contributed by atoms with Gasteiger partial charge in [0.2, 0.25) is 6.08 Å². The molecular formula is C9H8ClNO3S. The highest BCUT2D eigenvalue weighted by Crippen LogP contribution is 2.21. The van der Waals surface area contributed by atoms with Crippen LogP contribution in [0.2, 0.25) is 5.02 Å². The van der Waals surface area contributed by atoms with Gasteiger partial charge in [-0.25, -0.2) is 18.2 Å². The summed E-state index contributed by atoms with van der Waals surface area (Å²) in [6, 6.07) is 4.28. The first-order valence-corrected chi connectivity index (χ1v) is 6.24. The number of benzene rings is 1. The number of hydrogen-bond acceptors (Lipinski definition) is 4. The molecule has 6 heteroatoms. The maximum absolute atomic E-state index is 11.2. The Bertz CT molecular complexity index is 518. The Labute approximate surface area is 92.5 Å². The van der Waals surface area contributed by atoms with Crippen LogP contribution in [0.1, 0.15) is 5.56 Å². The van der Waals surface area contributed by atoms with Crippen LogP contribution in [0, 0.1) is 0 Å². The van der Waals surface area contributed by atoms with E-state index in [2.05, 4.69) is 4.99 Å². The molecule has 1 aromatic rings. The van der Waals surface area contributed by atoms with Gasteiger partial charge in [-0.15, -0.1) is 0 Å². The molecule has 0 saturated carbocycles. The van der Waals surface area contributed by atoms with E-state index in [0.29, 0.717) is 10.6 Å². The maximum atomic E-state index is 11.2. The average molecular weight is 246 g/mol. The van der Waals surface area contributed by atoms with Gasteiger partial charge < -0.3 is 0 Å². The fourth-order valence-electron chi connectivity index (χ4n) is 1.02. The van der Waals surface area contributed by atoms with E-state index in [1.165, 1.54) is 24.3 Å². The van der Waals surface area contributed by atoms with E-state index >= 15 is 0 Å². The molecule has 0 aliphatic carbocycles. The quantitative estimate of drug-likeness (QED) is 0.600. The fraction of sp³-hybridized carbons (Fsp3) is 0.222. The van der Waals surface area contributed by atoms with Crippen molar-refractivity contribution in [2.45, 2.75) is 11.4 Å². The summed E-state index contributed by atoms with van der Waals surface area (Å²) in [5.41, 5.74) is 0.489. The van der Waals surface area contributed by atoms with Crippen molar-refractivity contribution in [2.24, 2.45) is 4.99 Å². The van der Waals surface area contributed by atoms with Crippen molar-refractivity contribution in [3.63, 3.8) is 0 Å². The number of hydrogen-bond donors (Lipinski definition) is 0. The van der Waals surface area contributed by atoms with Gasteiger partial charge in [0.1, 0.15) is 0 Å². The molecule has 0 radical (unpaired) electrons. The van der Waals surface area contributed by atoms with Crippen molar-refractivity contribution >= 4 is 27.5 Å². The highest BCUT2D eigenvalue weighted by molar-refractivity contribution is 7.90. The topological polar surface area (TPSA) is 63.6 Å². The zero-order chi connectivity index (χ0) is 11.5. The molecule has 0 aromatic heterocycles. The number of rotatable bonds is 3. The molecule has 0 atom stereocenters. The van der Waals surface area contributed by atoms with Gasteiger partial charge >= 0.3 is 0 Å². The molecule has 0 bridgehead atoms. The summed E-state index contributed by atoms with van der Waals surface area (Å²) < 4.78 is 22.4. The van der Waals surface area contributed by atoms with Crippen LogP contribution < -0.4 is 0 Å². The smallest absolute Gasteiger partial charge is 0.224 e. The number of nitrogens with zero attached hydrogens (tertiary/aromatic N) is 1. The van der Waals surface area contributed by atoms with Gasteiger partial charge in [0, 0.05) is 11.3 Å². The van der Waals surface area contributed by atoms with Crippen LogP contribution in [0.4, 0.5) is 0 Å². The Morgan fingerprint density at radius 1 is 1.47 bits per heavy atom. The monoisotopic (exact) mass is 245 g/mol. The van der Waals surface area contributed by atoms with Gasteiger partial charge in [-0.1, -0.05) is 11.6 Å². The Balaban J connectivity index is 3.22. The minimum absolute atomic E-state index is 0.0334. The number of sulfone groups is 1. The van der Waals surface area contributed by atoms with Crippen molar-refractivity contribution in [1.82, 2.24) is 0 Å². The second-order valence-corrected chi connectivity index (χ2v) is 5.36. The molecule has 80 valence electrons. The second kappa shape index (κ2) is 4.57. The lowest BCUT2D eigenvalue weighted by molar-refractivity contribution is 0.563. The fourth-order valence-corrected chi connectivity index (χ4v) is 1.87. The van der Waals surface area contributed by atoms with Crippen molar-refractivity contribution in [1.29, 1.82) is 0 Å². The van der Waals surface area contributed by atoms with Gasteiger partial charge in [-0.05, 0) is 23.8 Å². The van der Waals surface area contributed by atoms with Crippen molar-refractivity contribution in [2.75, 3.05) is 6.26 Å². The van der Waals surface area contributed by atoms with Crippen molar-refractivity contribution in [3.8, 4) is 0 Å². The Morgan fingerprint density at radius 3 is 2.67 bits per heavy atom. The minimum Gasteiger partial charge on any atom is -0.224 e. The summed E-state index contributed by atoms with van der Waals surface area (Å²) in [5, 5.41) is 0.376. The Hall–Kier alpha value is -1.16. The lowest BCUT2D eigenvalue weighted by Crippen LogP contribution is -1.98. The third-order valence-electron chi connectivity index (χ3n) is 1.76. The van der Waals surface area contributed by atoms with Crippen LogP contribution >= 0.6 is 11.6 Å². The third-order valence-corrected chi connectivity index (χ3v) is 3.24.